The summed E-state index contributed by atoms with van der Waals surface area (Å²) in [5.74, 6) is 0.749. The highest BCUT2D eigenvalue weighted by molar-refractivity contribution is 5.82. The molecule has 1 fully saturated rings. The molecule has 0 bridgehead atoms. The summed E-state index contributed by atoms with van der Waals surface area (Å²) in [7, 11) is 0. The number of ether oxygens (including phenoxy) is 1. The maximum atomic E-state index is 5.43. The molecule has 1 aliphatic heterocycles. The van der Waals surface area contributed by atoms with Crippen LogP contribution in [-0.4, -0.2) is 24.2 Å². The Morgan fingerprint density at radius 1 is 1.32 bits per heavy atom. The van der Waals surface area contributed by atoms with Crippen molar-refractivity contribution in [1.29, 1.82) is 0 Å². The van der Waals surface area contributed by atoms with Gasteiger partial charge in [0.05, 0.1) is 0 Å². The maximum absolute atomic E-state index is 5.43. The summed E-state index contributed by atoms with van der Waals surface area (Å²) in [6, 6.07) is 9.03. The summed E-state index contributed by atoms with van der Waals surface area (Å²) in [6.07, 6.45) is 4.48. The number of hydrogen-bond acceptors (Lipinski definition) is 2. The molecule has 2 heterocycles. The van der Waals surface area contributed by atoms with E-state index in [9.17, 15) is 0 Å². The van der Waals surface area contributed by atoms with Crippen molar-refractivity contribution in [2.24, 2.45) is 5.92 Å². The van der Waals surface area contributed by atoms with E-state index in [0.717, 1.165) is 25.7 Å². The van der Waals surface area contributed by atoms with Crippen LogP contribution in [0.2, 0.25) is 0 Å². The molecule has 0 spiro atoms. The molecule has 1 saturated heterocycles. The summed E-state index contributed by atoms with van der Waals surface area (Å²) in [5.41, 5.74) is 2.58. The van der Waals surface area contributed by atoms with E-state index in [1.807, 2.05) is 0 Å². The molecule has 1 aromatic heterocycles. The third kappa shape index (κ3) is 2.82. The standard InChI is InChI=1S/C16H22N2O/c1-12(13-6-8-19-9-7-13)17-10-14-11-18-16-5-3-2-4-15(14)16/h2-5,11-13,17-18H,6-10H2,1H3. The number of para-hydroxylation sites is 1. The molecule has 3 rings (SSSR count). The highest BCUT2D eigenvalue weighted by atomic mass is 16.5. The minimum Gasteiger partial charge on any atom is -0.381 e. The fraction of sp³-hybridized carbons (Fsp3) is 0.500. The Morgan fingerprint density at radius 3 is 2.95 bits per heavy atom. The van der Waals surface area contributed by atoms with Crippen molar-refractivity contribution >= 4 is 10.9 Å². The van der Waals surface area contributed by atoms with Gasteiger partial charge in [-0.25, -0.2) is 0 Å². The number of H-pyrrole nitrogens is 1. The van der Waals surface area contributed by atoms with Gasteiger partial charge in [0, 0.05) is 42.9 Å². The van der Waals surface area contributed by atoms with Crippen LogP contribution in [-0.2, 0) is 11.3 Å². The van der Waals surface area contributed by atoms with Crippen LogP contribution in [0.1, 0.15) is 25.3 Å². The first-order valence-corrected chi connectivity index (χ1v) is 7.21. The fourth-order valence-electron chi connectivity index (χ4n) is 2.93. The number of benzene rings is 1. The Kier molecular flexibility index (Phi) is 3.85. The van der Waals surface area contributed by atoms with Gasteiger partial charge in [-0.2, -0.15) is 0 Å². The van der Waals surface area contributed by atoms with Crippen molar-refractivity contribution in [3.8, 4) is 0 Å². The molecular weight excluding hydrogens is 236 g/mol. The van der Waals surface area contributed by atoms with Crippen molar-refractivity contribution < 1.29 is 4.74 Å². The quantitative estimate of drug-likeness (QED) is 0.884. The van der Waals surface area contributed by atoms with Gasteiger partial charge in [0.1, 0.15) is 0 Å². The van der Waals surface area contributed by atoms with Crippen LogP contribution >= 0.6 is 0 Å². The molecule has 1 atom stereocenters. The summed E-state index contributed by atoms with van der Waals surface area (Å²) in [5, 5.41) is 5.00. The minimum atomic E-state index is 0.553. The molecule has 0 radical (unpaired) electrons. The zero-order chi connectivity index (χ0) is 13.1. The smallest absolute Gasteiger partial charge is 0.0469 e. The van der Waals surface area contributed by atoms with E-state index < -0.39 is 0 Å². The van der Waals surface area contributed by atoms with Crippen molar-refractivity contribution in [3.63, 3.8) is 0 Å². The van der Waals surface area contributed by atoms with Gasteiger partial charge in [-0.3, -0.25) is 0 Å². The fourth-order valence-corrected chi connectivity index (χ4v) is 2.93. The van der Waals surface area contributed by atoms with E-state index >= 15 is 0 Å². The van der Waals surface area contributed by atoms with E-state index in [1.54, 1.807) is 0 Å². The lowest BCUT2D eigenvalue weighted by Crippen LogP contribution is -2.36. The van der Waals surface area contributed by atoms with Crippen LogP contribution in [0.5, 0.6) is 0 Å². The first-order valence-electron chi connectivity index (χ1n) is 7.21. The minimum absolute atomic E-state index is 0.553. The van der Waals surface area contributed by atoms with Crippen LogP contribution in [0, 0.1) is 5.92 Å². The molecule has 3 heteroatoms. The summed E-state index contributed by atoms with van der Waals surface area (Å²) < 4.78 is 5.43. The Hall–Kier alpha value is -1.32. The zero-order valence-corrected chi connectivity index (χ0v) is 11.5. The largest absolute Gasteiger partial charge is 0.381 e. The molecule has 2 aromatic rings. The lowest BCUT2D eigenvalue weighted by Gasteiger charge is -2.28. The summed E-state index contributed by atoms with van der Waals surface area (Å²) >= 11 is 0. The normalized spacial score (nSPS) is 18.8. The van der Waals surface area contributed by atoms with E-state index in [0.29, 0.717) is 6.04 Å². The van der Waals surface area contributed by atoms with Crippen molar-refractivity contribution in [2.75, 3.05) is 13.2 Å². The first-order chi connectivity index (χ1) is 9.34. The number of nitrogens with one attached hydrogen (secondary N) is 2. The molecule has 3 nitrogen and oxygen atoms in total. The van der Waals surface area contributed by atoms with E-state index in [2.05, 4.69) is 47.7 Å². The first kappa shape index (κ1) is 12.7. The second-order valence-electron chi connectivity index (χ2n) is 5.48. The average Bonchev–Trinajstić information content (AvgIpc) is 2.89. The highest BCUT2D eigenvalue weighted by Crippen LogP contribution is 2.21. The molecular formula is C16H22N2O. The van der Waals surface area contributed by atoms with Crippen molar-refractivity contribution in [1.82, 2.24) is 10.3 Å². The molecule has 0 amide bonds. The predicted molar refractivity (Wildman–Crippen MR) is 78.1 cm³/mol. The summed E-state index contributed by atoms with van der Waals surface area (Å²) in [4.78, 5) is 3.33. The second kappa shape index (κ2) is 5.76. The van der Waals surface area contributed by atoms with Gasteiger partial charge in [0.25, 0.3) is 0 Å². The highest BCUT2D eigenvalue weighted by Gasteiger charge is 2.20. The topological polar surface area (TPSA) is 37.0 Å². The van der Waals surface area contributed by atoms with Gasteiger partial charge >= 0.3 is 0 Å². The molecule has 2 N–H and O–H groups in total. The van der Waals surface area contributed by atoms with E-state index in [4.69, 9.17) is 4.74 Å². The zero-order valence-electron chi connectivity index (χ0n) is 11.5. The molecule has 0 saturated carbocycles. The predicted octanol–water partition coefficient (Wildman–Crippen LogP) is 3.07. The number of fused-ring (bicyclic) bond motifs is 1. The van der Waals surface area contributed by atoms with Crippen molar-refractivity contribution in [3.05, 3.63) is 36.0 Å². The van der Waals surface area contributed by atoms with Gasteiger partial charge < -0.3 is 15.0 Å². The SMILES string of the molecule is CC(NCc1c[nH]c2ccccc12)C1CCOCC1. The van der Waals surface area contributed by atoms with Gasteiger partial charge in [-0.1, -0.05) is 18.2 Å². The Bertz CT molecular complexity index is 528. The molecule has 102 valence electrons. The average molecular weight is 258 g/mol. The van der Waals surface area contributed by atoms with Gasteiger partial charge in [-0.15, -0.1) is 0 Å². The third-order valence-electron chi connectivity index (χ3n) is 4.26. The summed E-state index contributed by atoms with van der Waals surface area (Å²) in [6.45, 7) is 5.07. The van der Waals surface area contributed by atoms with Gasteiger partial charge in [0.2, 0.25) is 0 Å². The molecule has 1 aromatic carbocycles. The molecule has 1 aliphatic rings. The Morgan fingerprint density at radius 2 is 2.11 bits per heavy atom. The van der Waals surface area contributed by atoms with E-state index in [1.165, 1.54) is 29.3 Å². The maximum Gasteiger partial charge on any atom is 0.0469 e. The van der Waals surface area contributed by atoms with Gasteiger partial charge in [0.15, 0.2) is 0 Å². The lowest BCUT2D eigenvalue weighted by atomic mass is 9.93. The molecule has 0 aliphatic carbocycles. The lowest BCUT2D eigenvalue weighted by molar-refractivity contribution is 0.0558. The molecule has 1 unspecified atom stereocenters. The van der Waals surface area contributed by atoms with Crippen LogP contribution in [0.15, 0.2) is 30.5 Å². The van der Waals surface area contributed by atoms with Gasteiger partial charge in [-0.05, 0) is 37.3 Å². The van der Waals surface area contributed by atoms with Crippen molar-refractivity contribution in [2.45, 2.75) is 32.4 Å². The van der Waals surface area contributed by atoms with Crippen LogP contribution in [0.4, 0.5) is 0 Å². The van der Waals surface area contributed by atoms with Crippen LogP contribution in [0.25, 0.3) is 10.9 Å². The van der Waals surface area contributed by atoms with Crippen LogP contribution < -0.4 is 5.32 Å². The number of aromatic amines is 1. The third-order valence-corrected chi connectivity index (χ3v) is 4.26. The second-order valence-corrected chi connectivity index (χ2v) is 5.48. The number of rotatable bonds is 4. The Balaban J connectivity index is 1.62. The molecule has 19 heavy (non-hydrogen) atoms. The van der Waals surface area contributed by atoms with E-state index in [-0.39, 0.29) is 0 Å². The number of aromatic nitrogens is 1. The number of hydrogen-bond donors (Lipinski definition) is 2. The Labute approximate surface area is 114 Å². The monoisotopic (exact) mass is 258 g/mol. The van der Waals surface area contributed by atoms with Crippen LogP contribution in [0.3, 0.4) is 0 Å².